The highest BCUT2D eigenvalue weighted by atomic mass is 32.2. The largest absolute Gasteiger partial charge is 0.336 e. The molecule has 0 unspecified atom stereocenters. The Hall–Kier alpha value is -0.780. The van der Waals surface area contributed by atoms with Crippen LogP contribution in [0.1, 0.15) is 40.5 Å². The summed E-state index contributed by atoms with van der Waals surface area (Å²) in [7, 11) is -3.19. The molecule has 1 heterocycles. The Morgan fingerprint density at radius 3 is 2.45 bits per heavy atom. The molecular formula is C14H28N2O3S. The monoisotopic (exact) mass is 304 g/mol. The van der Waals surface area contributed by atoms with Crippen molar-refractivity contribution in [3.05, 3.63) is 0 Å². The van der Waals surface area contributed by atoms with E-state index in [9.17, 15) is 13.2 Å². The van der Waals surface area contributed by atoms with Gasteiger partial charge in [-0.05, 0) is 38.5 Å². The van der Waals surface area contributed by atoms with Crippen molar-refractivity contribution in [1.82, 2.24) is 10.2 Å². The van der Waals surface area contributed by atoms with Gasteiger partial charge in [0.15, 0.2) is 9.84 Å². The summed E-state index contributed by atoms with van der Waals surface area (Å²) in [4.78, 5) is 14.0. The number of carbonyl (C=O) groups is 1. The summed E-state index contributed by atoms with van der Waals surface area (Å²) in [6.07, 6.45) is 3.35. The average Bonchev–Trinajstić information content (AvgIpc) is 2.45. The van der Waals surface area contributed by atoms with Gasteiger partial charge < -0.3 is 10.2 Å². The van der Waals surface area contributed by atoms with Crippen LogP contribution in [0.2, 0.25) is 0 Å². The van der Waals surface area contributed by atoms with E-state index >= 15 is 0 Å². The Kier molecular flexibility index (Phi) is 5.46. The van der Waals surface area contributed by atoms with Gasteiger partial charge in [0.05, 0.1) is 4.75 Å². The van der Waals surface area contributed by atoms with Crippen LogP contribution in [0, 0.1) is 11.8 Å². The molecule has 1 aliphatic rings. The van der Waals surface area contributed by atoms with Crippen molar-refractivity contribution in [1.29, 1.82) is 0 Å². The normalized spacial score (nSPS) is 25.1. The smallest absolute Gasteiger partial charge is 0.317 e. The molecule has 118 valence electrons. The molecule has 1 aliphatic heterocycles. The highest BCUT2D eigenvalue weighted by Gasteiger charge is 2.31. The Morgan fingerprint density at radius 1 is 1.30 bits per heavy atom. The van der Waals surface area contributed by atoms with Gasteiger partial charge in [-0.1, -0.05) is 13.8 Å². The van der Waals surface area contributed by atoms with E-state index in [0.29, 0.717) is 11.8 Å². The summed E-state index contributed by atoms with van der Waals surface area (Å²) in [5.41, 5.74) is 0. The van der Waals surface area contributed by atoms with Crippen molar-refractivity contribution in [3.8, 4) is 0 Å². The number of carbonyl (C=O) groups excluding carboxylic acids is 1. The van der Waals surface area contributed by atoms with Crippen molar-refractivity contribution >= 4 is 15.9 Å². The molecule has 1 rings (SSSR count). The van der Waals surface area contributed by atoms with Crippen LogP contribution >= 0.6 is 0 Å². The predicted octanol–water partition coefficient (Wildman–Crippen LogP) is 1.89. The minimum absolute atomic E-state index is 0.144. The molecule has 0 spiro atoms. The Balaban J connectivity index is 2.59. The van der Waals surface area contributed by atoms with E-state index in [2.05, 4.69) is 19.2 Å². The van der Waals surface area contributed by atoms with Crippen LogP contribution in [0.25, 0.3) is 0 Å². The summed E-state index contributed by atoms with van der Waals surface area (Å²) in [5, 5.41) is 2.77. The van der Waals surface area contributed by atoms with Gasteiger partial charge in [-0.15, -0.1) is 0 Å². The van der Waals surface area contributed by atoms with Crippen molar-refractivity contribution in [2.24, 2.45) is 11.8 Å². The fourth-order valence-corrected chi connectivity index (χ4v) is 2.77. The lowest BCUT2D eigenvalue weighted by Gasteiger charge is -2.27. The van der Waals surface area contributed by atoms with E-state index < -0.39 is 14.6 Å². The first-order valence-corrected chi connectivity index (χ1v) is 9.14. The van der Waals surface area contributed by atoms with Gasteiger partial charge in [0.25, 0.3) is 0 Å². The number of nitrogens with one attached hydrogen (secondary N) is 1. The molecule has 0 radical (unpaired) electrons. The molecule has 0 aromatic heterocycles. The molecule has 1 fully saturated rings. The number of likely N-dealkylation sites (tertiary alicyclic amines) is 1. The van der Waals surface area contributed by atoms with Gasteiger partial charge in [0, 0.05) is 25.9 Å². The molecule has 2 atom stereocenters. The van der Waals surface area contributed by atoms with Gasteiger partial charge >= 0.3 is 6.03 Å². The zero-order valence-electron chi connectivity index (χ0n) is 13.3. The lowest BCUT2D eigenvalue weighted by Crippen LogP contribution is -2.49. The maximum atomic E-state index is 12.2. The second kappa shape index (κ2) is 6.33. The van der Waals surface area contributed by atoms with Crippen LogP contribution in [0.3, 0.4) is 0 Å². The van der Waals surface area contributed by atoms with Gasteiger partial charge in [-0.3, -0.25) is 0 Å². The molecule has 1 N–H and O–H groups in total. The van der Waals surface area contributed by atoms with Gasteiger partial charge in [-0.2, -0.15) is 0 Å². The average molecular weight is 304 g/mol. The third kappa shape index (κ3) is 4.65. The second-order valence-electron chi connectivity index (χ2n) is 6.87. The molecule has 1 saturated heterocycles. The lowest BCUT2D eigenvalue weighted by molar-refractivity contribution is 0.193. The van der Waals surface area contributed by atoms with Crippen LogP contribution in [0.15, 0.2) is 0 Å². The minimum atomic E-state index is -3.19. The molecule has 0 aliphatic carbocycles. The van der Waals surface area contributed by atoms with Crippen molar-refractivity contribution in [3.63, 3.8) is 0 Å². The summed E-state index contributed by atoms with van der Waals surface area (Å²) in [5.74, 6) is 1.12. The van der Waals surface area contributed by atoms with Crippen molar-refractivity contribution < 1.29 is 13.2 Å². The number of hydrogen-bond donors (Lipinski definition) is 1. The molecular weight excluding hydrogens is 276 g/mol. The van der Waals surface area contributed by atoms with E-state index in [0.717, 1.165) is 25.9 Å². The Labute approximate surface area is 123 Å². The SMILES string of the molecule is C[C@@H]1C[C@@H](C)CCN(C(=O)NCC(C)(C)S(C)(=O)=O)C1. The lowest BCUT2D eigenvalue weighted by atomic mass is 9.97. The van der Waals surface area contributed by atoms with Gasteiger partial charge in [-0.25, -0.2) is 13.2 Å². The van der Waals surface area contributed by atoms with E-state index in [4.69, 9.17) is 0 Å². The van der Waals surface area contributed by atoms with Crippen LogP contribution in [0.4, 0.5) is 4.79 Å². The van der Waals surface area contributed by atoms with Crippen LogP contribution in [-0.4, -0.2) is 50.0 Å². The molecule has 0 aromatic carbocycles. The Morgan fingerprint density at radius 2 is 1.90 bits per heavy atom. The number of urea groups is 1. The van der Waals surface area contributed by atoms with Crippen molar-refractivity contribution in [2.45, 2.75) is 45.3 Å². The van der Waals surface area contributed by atoms with Crippen LogP contribution < -0.4 is 5.32 Å². The number of hydrogen-bond acceptors (Lipinski definition) is 3. The zero-order chi connectivity index (χ0) is 15.6. The van der Waals surface area contributed by atoms with Crippen molar-refractivity contribution in [2.75, 3.05) is 25.9 Å². The predicted molar refractivity (Wildman–Crippen MR) is 81.5 cm³/mol. The fraction of sp³-hybridized carbons (Fsp3) is 0.929. The maximum Gasteiger partial charge on any atom is 0.317 e. The van der Waals surface area contributed by atoms with Gasteiger partial charge in [0.2, 0.25) is 0 Å². The van der Waals surface area contributed by atoms with Gasteiger partial charge in [0.1, 0.15) is 0 Å². The number of sulfone groups is 1. The molecule has 6 heteroatoms. The molecule has 2 amide bonds. The van der Waals surface area contributed by atoms with E-state index in [-0.39, 0.29) is 12.6 Å². The second-order valence-corrected chi connectivity index (χ2v) is 9.52. The number of nitrogens with zero attached hydrogens (tertiary/aromatic N) is 1. The quantitative estimate of drug-likeness (QED) is 0.866. The van der Waals surface area contributed by atoms with Crippen LogP contribution in [0.5, 0.6) is 0 Å². The van der Waals surface area contributed by atoms with Crippen LogP contribution in [-0.2, 0) is 9.84 Å². The number of amides is 2. The van der Waals surface area contributed by atoms with E-state index in [1.807, 2.05) is 4.90 Å². The number of rotatable bonds is 3. The summed E-state index contributed by atoms with van der Waals surface area (Å²) < 4.78 is 22.3. The molecule has 0 bridgehead atoms. The third-order valence-corrected chi connectivity index (χ3v) is 6.34. The standard InChI is InChI=1S/C14H28N2O3S/c1-11-6-7-16(9-12(2)8-11)13(17)15-10-14(3,4)20(5,18)19/h11-12H,6-10H2,1-5H3,(H,15,17)/t11-,12+/m0/s1. The van der Waals surface area contributed by atoms with E-state index in [1.54, 1.807) is 13.8 Å². The molecule has 20 heavy (non-hydrogen) atoms. The molecule has 5 nitrogen and oxygen atoms in total. The summed E-state index contributed by atoms with van der Waals surface area (Å²) >= 11 is 0. The highest BCUT2D eigenvalue weighted by Crippen LogP contribution is 2.21. The van der Waals surface area contributed by atoms with E-state index in [1.165, 1.54) is 6.26 Å². The minimum Gasteiger partial charge on any atom is -0.336 e. The summed E-state index contributed by atoms with van der Waals surface area (Å²) in [6, 6.07) is -0.150. The maximum absolute atomic E-state index is 12.2. The first-order valence-electron chi connectivity index (χ1n) is 7.25. The molecule has 0 aromatic rings. The first kappa shape index (κ1) is 17.3. The topological polar surface area (TPSA) is 66.5 Å². The highest BCUT2D eigenvalue weighted by molar-refractivity contribution is 7.92. The molecule has 0 saturated carbocycles. The fourth-order valence-electron chi connectivity index (χ4n) is 2.44. The first-order chi connectivity index (χ1) is 9.03. The Bertz CT molecular complexity index is 445. The third-order valence-electron chi connectivity index (χ3n) is 4.18. The summed E-state index contributed by atoms with van der Waals surface area (Å²) in [6.45, 7) is 9.27. The zero-order valence-corrected chi connectivity index (χ0v) is 14.1.